The molecular formula is C24H22FN3O3S. The van der Waals surface area contributed by atoms with Crippen LogP contribution in [0.4, 0.5) is 14.9 Å². The molecule has 0 saturated carbocycles. The topological polar surface area (TPSA) is 82.4 Å². The Labute approximate surface area is 190 Å². The number of carbonyl (C=O) groups excluding carboxylic acids is 2. The summed E-state index contributed by atoms with van der Waals surface area (Å²) < 4.78 is 18.5. The van der Waals surface area contributed by atoms with E-state index in [1.54, 1.807) is 49.4 Å². The van der Waals surface area contributed by atoms with Crippen LogP contribution in [0.5, 0.6) is 0 Å². The van der Waals surface area contributed by atoms with Crippen LogP contribution in [0.3, 0.4) is 0 Å². The molecule has 0 radical (unpaired) electrons. The number of nitriles is 1. The molecule has 2 amide bonds. The van der Waals surface area contributed by atoms with Crippen molar-refractivity contribution in [2.45, 2.75) is 24.5 Å². The van der Waals surface area contributed by atoms with Gasteiger partial charge in [-0.2, -0.15) is 5.26 Å². The highest BCUT2D eigenvalue weighted by molar-refractivity contribution is 7.98. The maximum atomic E-state index is 13.2. The number of rotatable bonds is 7. The number of hydrogen-bond acceptors (Lipinski definition) is 5. The van der Waals surface area contributed by atoms with Gasteiger partial charge in [-0.05, 0) is 48.6 Å². The van der Waals surface area contributed by atoms with Crippen molar-refractivity contribution in [3.8, 4) is 6.07 Å². The maximum Gasteiger partial charge on any atom is 0.338 e. The molecule has 6 nitrogen and oxygen atoms in total. The highest BCUT2D eigenvalue weighted by Crippen LogP contribution is 2.38. The monoisotopic (exact) mass is 451 g/mol. The number of halogens is 1. The number of thioether (sulfide) groups is 1. The van der Waals surface area contributed by atoms with Gasteiger partial charge in [0.1, 0.15) is 13.3 Å². The van der Waals surface area contributed by atoms with E-state index in [-0.39, 0.29) is 12.2 Å². The van der Waals surface area contributed by atoms with Gasteiger partial charge in [0.15, 0.2) is 0 Å². The molecule has 8 heteroatoms. The second-order valence-corrected chi connectivity index (χ2v) is 7.82. The van der Waals surface area contributed by atoms with E-state index in [0.29, 0.717) is 28.1 Å². The number of amides is 2. The van der Waals surface area contributed by atoms with Crippen molar-refractivity contribution in [2.75, 3.05) is 17.8 Å². The third kappa shape index (κ3) is 4.53. The van der Waals surface area contributed by atoms with Gasteiger partial charge >= 0.3 is 12.0 Å². The predicted molar refractivity (Wildman–Crippen MR) is 122 cm³/mol. The van der Waals surface area contributed by atoms with Crippen LogP contribution in [0.25, 0.3) is 0 Å². The summed E-state index contributed by atoms with van der Waals surface area (Å²) >= 11 is 1.41. The van der Waals surface area contributed by atoms with Crippen LogP contribution in [0.1, 0.15) is 29.7 Å². The van der Waals surface area contributed by atoms with Crippen LogP contribution >= 0.6 is 11.8 Å². The third-order valence-corrected chi connectivity index (χ3v) is 5.83. The van der Waals surface area contributed by atoms with Gasteiger partial charge < -0.3 is 10.1 Å². The minimum Gasteiger partial charge on any atom is -0.458 e. The van der Waals surface area contributed by atoms with Crippen molar-refractivity contribution >= 4 is 29.4 Å². The summed E-state index contributed by atoms with van der Waals surface area (Å²) in [6, 6.07) is 12.4. The lowest BCUT2D eigenvalue weighted by Gasteiger charge is -2.36. The van der Waals surface area contributed by atoms with Crippen LogP contribution in [0, 0.1) is 11.3 Å². The van der Waals surface area contributed by atoms with Gasteiger partial charge in [0.25, 0.3) is 0 Å². The van der Waals surface area contributed by atoms with Crippen molar-refractivity contribution in [2.24, 2.45) is 0 Å². The summed E-state index contributed by atoms with van der Waals surface area (Å²) in [6.07, 6.45) is 3.31. The molecule has 0 aliphatic carbocycles. The van der Waals surface area contributed by atoms with Crippen molar-refractivity contribution < 1.29 is 18.7 Å². The molecule has 32 heavy (non-hydrogen) atoms. The average Bonchev–Trinajstić information content (AvgIpc) is 2.81. The molecule has 1 unspecified atom stereocenters. The lowest BCUT2D eigenvalue weighted by atomic mass is 9.93. The number of allylic oxidation sites excluding steroid dienone is 1. The molecule has 0 fully saturated rings. The molecule has 0 aromatic heterocycles. The summed E-state index contributed by atoms with van der Waals surface area (Å²) in [5, 5.41) is 12.1. The minimum atomic E-state index is -0.782. The number of nitrogens with zero attached hydrogens (tertiary/aromatic N) is 2. The zero-order valence-corrected chi connectivity index (χ0v) is 18.5. The molecule has 2 aromatic rings. The summed E-state index contributed by atoms with van der Waals surface area (Å²) in [7, 11) is 0. The number of nitrogens with one attached hydrogen (secondary N) is 1. The first-order chi connectivity index (χ1) is 15.4. The summed E-state index contributed by atoms with van der Waals surface area (Å²) in [4.78, 5) is 28.3. The summed E-state index contributed by atoms with van der Waals surface area (Å²) in [5.41, 5.74) is 2.62. The van der Waals surface area contributed by atoms with Gasteiger partial charge in [-0.15, -0.1) is 11.8 Å². The van der Waals surface area contributed by atoms with Crippen LogP contribution < -0.4 is 10.2 Å². The van der Waals surface area contributed by atoms with Crippen molar-refractivity contribution in [3.05, 3.63) is 83.1 Å². The third-order valence-electron chi connectivity index (χ3n) is 5.03. The van der Waals surface area contributed by atoms with Crippen LogP contribution in [-0.2, 0) is 16.2 Å². The number of alkyl halides is 1. The number of ether oxygens (including phenoxy) is 1. The molecule has 1 aliphatic rings. The normalized spacial score (nSPS) is 15.8. The Kier molecular flexibility index (Phi) is 7.33. The van der Waals surface area contributed by atoms with Crippen molar-refractivity contribution in [3.63, 3.8) is 0 Å². The molecule has 3 rings (SSSR count). The fourth-order valence-electron chi connectivity index (χ4n) is 3.56. The first-order valence-electron chi connectivity index (χ1n) is 9.77. The molecule has 1 atom stereocenters. The average molecular weight is 452 g/mol. The van der Waals surface area contributed by atoms with E-state index >= 15 is 0 Å². The van der Waals surface area contributed by atoms with Crippen molar-refractivity contribution in [1.29, 1.82) is 5.26 Å². The first kappa shape index (κ1) is 23.1. The molecule has 164 valence electrons. The van der Waals surface area contributed by atoms with Crippen molar-refractivity contribution in [1.82, 2.24) is 5.32 Å². The molecule has 1 N–H and O–H groups in total. The number of anilines is 1. The maximum absolute atomic E-state index is 13.2. The van der Waals surface area contributed by atoms with E-state index in [2.05, 4.69) is 18.0 Å². The second-order valence-electron chi connectivity index (χ2n) is 6.98. The van der Waals surface area contributed by atoms with Gasteiger partial charge in [0.2, 0.25) is 0 Å². The van der Waals surface area contributed by atoms with E-state index in [0.717, 1.165) is 4.90 Å². The lowest BCUT2D eigenvalue weighted by Crippen LogP contribution is -2.48. The molecular weight excluding hydrogens is 429 g/mol. The fourth-order valence-corrected chi connectivity index (χ4v) is 4.23. The minimum absolute atomic E-state index is 0.0103. The van der Waals surface area contributed by atoms with Gasteiger partial charge in [-0.1, -0.05) is 30.9 Å². The lowest BCUT2D eigenvalue weighted by molar-refractivity contribution is -0.138. The number of urea groups is 1. The quantitative estimate of drug-likeness (QED) is 0.363. The van der Waals surface area contributed by atoms with Crippen LogP contribution in [0.15, 0.2) is 71.3 Å². The van der Waals surface area contributed by atoms with Gasteiger partial charge in [-0.3, -0.25) is 4.90 Å². The fraction of sp³-hybridized carbons (Fsp3) is 0.208. The number of hydrogen-bond donors (Lipinski definition) is 1. The highest BCUT2D eigenvalue weighted by atomic mass is 32.2. The zero-order chi connectivity index (χ0) is 23.3. The van der Waals surface area contributed by atoms with E-state index < -0.39 is 24.7 Å². The van der Waals surface area contributed by atoms with E-state index in [1.807, 2.05) is 6.26 Å². The number of benzene rings is 2. The molecule has 0 bridgehead atoms. The zero-order valence-electron chi connectivity index (χ0n) is 17.7. The Morgan fingerprint density at radius 3 is 2.81 bits per heavy atom. The van der Waals surface area contributed by atoms with Crippen LogP contribution in [-0.4, -0.2) is 24.9 Å². The van der Waals surface area contributed by atoms with E-state index in [4.69, 9.17) is 4.74 Å². The van der Waals surface area contributed by atoms with Crippen LogP contribution in [0.2, 0.25) is 0 Å². The Bertz CT molecular complexity index is 1140. The smallest absolute Gasteiger partial charge is 0.338 e. The second kappa shape index (κ2) is 10.2. The molecule has 1 aliphatic heterocycles. The Hall–Kier alpha value is -3.57. The van der Waals surface area contributed by atoms with E-state index in [1.165, 1.54) is 22.7 Å². The molecule has 0 spiro atoms. The highest BCUT2D eigenvalue weighted by Gasteiger charge is 2.38. The molecule has 0 saturated heterocycles. The molecule has 1 heterocycles. The summed E-state index contributed by atoms with van der Waals surface area (Å²) in [5.74, 6) is -0.601. The predicted octanol–water partition coefficient (Wildman–Crippen LogP) is 5.02. The van der Waals surface area contributed by atoms with E-state index in [9.17, 15) is 19.2 Å². The number of esters is 1. The Morgan fingerprint density at radius 1 is 1.38 bits per heavy atom. The Morgan fingerprint density at radius 2 is 2.16 bits per heavy atom. The standard InChI is InChI=1S/C24H22FN3O3S/c1-4-10-31-23(29)21-15(2)28(18-7-5-6-16(11-18)13-25)24(30)27-22(21)19-9-8-17(14-26)12-20(19)32-3/h4-9,11-12,22H,1,10,13H2,2-3H3,(H,27,30). The largest absolute Gasteiger partial charge is 0.458 e. The first-order valence-corrected chi connectivity index (χ1v) is 11.0. The Balaban J connectivity index is 2.18. The SMILES string of the molecule is C=CCOC(=O)C1=C(C)N(c2cccc(CF)c2)C(=O)NC1c1ccc(C#N)cc1SC. The van der Waals surface area contributed by atoms with Gasteiger partial charge in [0.05, 0.1) is 28.9 Å². The summed E-state index contributed by atoms with van der Waals surface area (Å²) in [6.45, 7) is 4.56. The number of carbonyl (C=O) groups is 2. The van der Waals surface area contributed by atoms with Gasteiger partial charge in [-0.25, -0.2) is 14.0 Å². The van der Waals surface area contributed by atoms with Gasteiger partial charge in [0, 0.05) is 10.6 Å². The molecule has 2 aromatic carbocycles.